The molecule has 1 saturated carbocycles. The number of aromatic nitrogens is 2. The number of nitrogens with zero attached hydrogens (tertiary/aromatic N) is 3. The Morgan fingerprint density at radius 2 is 2.07 bits per heavy atom. The van der Waals surface area contributed by atoms with Crippen LogP contribution >= 0.6 is 11.3 Å². The van der Waals surface area contributed by atoms with Crippen LogP contribution in [0.2, 0.25) is 0 Å². The van der Waals surface area contributed by atoms with E-state index >= 15 is 0 Å². The minimum atomic E-state index is -0.530. The van der Waals surface area contributed by atoms with Gasteiger partial charge in [0.25, 0.3) is 5.56 Å². The van der Waals surface area contributed by atoms with Crippen LogP contribution in [0.3, 0.4) is 0 Å². The Kier molecular flexibility index (Phi) is 4.29. The molecule has 0 saturated heterocycles. The summed E-state index contributed by atoms with van der Waals surface area (Å²) >= 11 is 1.84. The summed E-state index contributed by atoms with van der Waals surface area (Å²) in [4.78, 5) is 33.3. The van der Waals surface area contributed by atoms with Crippen LogP contribution in [-0.4, -0.2) is 26.9 Å². The molecule has 6 nitrogen and oxygen atoms in total. The van der Waals surface area contributed by atoms with Gasteiger partial charge in [-0.15, -0.1) is 11.3 Å². The van der Waals surface area contributed by atoms with Crippen molar-refractivity contribution in [2.75, 3.05) is 6.54 Å². The summed E-state index contributed by atoms with van der Waals surface area (Å²) in [6, 6.07) is 9.91. The van der Waals surface area contributed by atoms with E-state index in [0.29, 0.717) is 35.2 Å². The van der Waals surface area contributed by atoms with E-state index in [9.17, 15) is 9.59 Å². The number of rotatable bonds is 5. The summed E-state index contributed by atoms with van der Waals surface area (Å²) in [6.07, 6.45) is 3.51. The fourth-order valence-corrected chi connectivity index (χ4v) is 5.29. The molecule has 144 valence electrons. The third kappa shape index (κ3) is 3.04. The maximum absolute atomic E-state index is 13.0. The zero-order valence-electron chi connectivity index (χ0n) is 15.5. The van der Waals surface area contributed by atoms with Gasteiger partial charge in [0.05, 0.1) is 17.4 Å². The Labute approximate surface area is 166 Å². The van der Waals surface area contributed by atoms with Crippen molar-refractivity contribution in [2.45, 2.75) is 38.4 Å². The highest BCUT2D eigenvalue weighted by Crippen LogP contribution is 2.48. The lowest BCUT2D eigenvalue weighted by atomic mass is 9.96. The maximum Gasteiger partial charge on any atom is 0.261 e. The molecular weight excluding hydrogens is 372 g/mol. The maximum atomic E-state index is 13.0. The average molecular weight is 395 g/mol. The van der Waals surface area contributed by atoms with Gasteiger partial charge in [0.1, 0.15) is 12.4 Å². The lowest BCUT2D eigenvalue weighted by molar-refractivity contribution is -0.118. The van der Waals surface area contributed by atoms with E-state index in [1.165, 1.54) is 27.8 Å². The highest BCUT2D eigenvalue weighted by Gasteiger charge is 2.40. The quantitative estimate of drug-likeness (QED) is 0.721. The second kappa shape index (κ2) is 6.83. The van der Waals surface area contributed by atoms with Crippen LogP contribution in [0.1, 0.15) is 35.1 Å². The number of fused-ring (bicyclic) bond motifs is 2. The number of benzene rings is 1. The number of thiophene rings is 1. The van der Waals surface area contributed by atoms with Gasteiger partial charge in [-0.1, -0.05) is 12.1 Å². The molecule has 0 spiro atoms. The molecule has 5 rings (SSSR count). The topological polar surface area (TPSA) is 81.2 Å². The molecule has 1 atom stereocenters. The van der Waals surface area contributed by atoms with E-state index in [4.69, 9.17) is 10.7 Å². The molecule has 1 fully saturated rings. The largest absolute Gasteiger partial charge is 0.368 e. The van der Waals surface area contributed by atoms with Crippen LogP contribution in [0.5, 0.6) is 0 Å². The number of hydrogen-bond acceptors (Lipinski definition) is 5. The van der Waals surface area contributed by atoms with Crippen molar-refractivity contribution < 1.29 is 4.79 Å². The lowest BCUT2D eigenvalue weighted by Gasteiger charge is -2.36. The molecule has 1 aromatic carbocycles. The highest BCUT2D eigenvalue weighted by molar-refractivity contribution is 7.10. The Morgan fingerprint density at radius 3 is 2.86 bits per heavy atom. The molecule has 1 aliphatic heterocycles. The summed E-state index contributed by atoms with van der Waals surface area (Å²) in [5, 5.41) is 2.70. The molecule has 2 aromatic heterocycles. The summed E-state index contributed by atoms with van der Waals surface area (Å²) < 4.78 is 1.46. The first-order chi connectivity index (χ1) is 13.6. The smallest absolute Gasteiger partial charge is 0.261 e. The molecule has 0 unspecified atom stereocenters. The van der Waals surface area contributed by atoms with E-state index in [2.05, 4.69) is 16.3 Å². The van der Waals surface area contributed by atoms with Crippen molar-refractivity contribution >= 4 is 28.1 Å². The fraction of sp³-hybridized carbons (Fsp3) is 0.381. The molecule has 0 bridgehead atoms. The predicted molar refractivity (Wildman–Crippen MR) is 109 cm³/mol. The molecule has 3 aromatic rings. The van der Waals surface area contributed by atoms with E-state index in [1.807, 2.05) is 29.5 Å². The molecule has 3 heterocycles. The summed E-state index contributed by atoms with van der Waals surface area (Å²) in [6.45, 7) is 1.34. The number of hydrogen-bond donors (Lipinski definition) is 1. The first-order valence-electron chi connectivity index (χ1n) is 9.69. The van der Waals surface area contributed by atoms with Crippen molar-refractivity contribution in [1.29, 1.82) is 0 Å². The van der Waals surface area contributed by atoms with Gasteiger partial charge in [0, 0.05) is 17.5 Å². The molecule has 7 heteroatoms. The van der Waals surface area contributed by atoms with E-state index in [0.717, 1.165) is 13.0 Å². The molecule has 2 aliphatic rings. The van der Waals surface area contributed by atoms with Crippen molar-refractivity contribution in [1.82, 2.24) is 14.5 Å². The van der Waals surface area contributed by atoms with Crippen molar-refractivity contribution in [2.24, 2.45) is 11.7 Å². The van der Waals surface area contributed by atoms with Gasteiger partial charge in [0.2, 0.25) is 5.91 Å². The van der Waals surface area contributed by atoms with E-state index < -0.39 is 5.91 Å². The summed E-state index contributed by atoms with van der Waals surface area (Å²) in [5.74, 6) is 0.759. The van der Waals surface area contributed by atoms with Gasteiger partial charge in [-0.05, 0) is 54.3 Å². The average Bonchev–Trinajstić information content (AvgIpc) is 3.40. The van der Waals surface area contributed by atoms with Gasteiger partial charge in [-0.2, -0.15) is 0 Å². The van der Waals surface area contributed by atoms with Crippen molar-refractivity contribution in [3.8, 4) is 0 Å². The van der Waals surface area contributed by atoms with Crippen LogP contribution in [0.4, 0.5) is 0 Å². The van der Waals surface area contributed by atoms with E-state index in [-0.39, 0.29) is 12.1 Å². The Bertz CT molecular complexity index is 1120. The van der Waals surface area contributed by atoms with Crippen LogP contribution in [0.25, 0.3) is 10.9 Å². The molecule has 1 aliphatic carbocycles. The Balaban J connectivity index is 1.57. The van der Waals surface area contributed by atoms with Crippen molar-refractivity contribution in [3.05, 3.63) is 62.3 Å². The van der Waals surface area contributed by atoms with Crippen LogP contribution < -0.4 is 11.3 Å². The minimum Gasteiger partial charge on any atom is -0.368 e. The Hall–Kier alpha value is -2.51. The molecule has 28 heavy (non-hydrogen) atoms. The van der Waals surface area contributed by atoms with Gasteiger partial charge in [-0.3, -0.25) is 19.1 Å². The number of carbonyl (C=O) groups is 1. The first-order valence-corrected chi connectivity index (χ1v) is 10.6. The molecule has 1 amide bonds. The molecule has 0 radical (unpaired) electrons. The predicted octanol–water partition coefficient (Wildman–Crippen LogP) is 2.45. The monoisotopic (exact) mass is 394 g/mol. The number of primary amides is 1. The van der Waals surface area contributed by atoms with Gasteiger partial charge < -0.3 is 5.73 Å². The van der Waals surface area contributed by atoms with Crippen LogP contribution in [-0.2, 0) is 24.3 Å². The zero-order chi connectivity index (χ0) is 19.3. The normalized spacial score (nSPS) is 19.6. The lowest BCUT2D eigenvalue weighted by Crippen LogP contribution is -2.39. The second-order valence-corrected chi connectivity index (χ2v) is 8.71. The van der Waals surface area contributed by atoms with Crippen molar-refractivity contribution in [3.63, 3.8) is 0 Å². The number of para-hydroxylation sites is 1. The van der Waals surface area contributed by atoms with Gasteiger partial charge in [0.15, 0.2) is 0 Å². The molecular formula is C21H22N4O2S. The fourth-order valence-electron chi connectivity index (χ4n) is 4.37. The van der Waals surface area contributed by atoms with Gasteiger partial charge >= 0.3 is 0 Å². The first kappa shape index (κ1) is 17.6. The third-order valence-electron chi connectivity index (χ3n) is 5.79. The Morgan fingerprint density at radius 1 is 1.25 bits per heavy atom. The second-order valence-electron chi connectivity index (χ2n) is 7.70. The number of amides is 1. The SMILES string of the molecule is NC(=O)Cn1c(CN2CCc3sccc3[C@@H]2C2CC2)nc2ccccc2c1=O. The number of nitrogens with two attached hydrogens (primary N) is 1. The summed E-state index contributed by atoms with van der Waals surface area (Å²) in [7, 11) is 0. The molecule has 2 N–H and O–H groups in total. The minimum absolute atomic E-state index is 0.141. The standard InChI is InChI=1S/C21H22N4O2S/c22-18(26)11-25-19(23-16-4-2-1-3-14(16)21(25)27)12-24-9-7-17-15(8-10-28-17)20(24)13-5-6-13/h1-4,8,10,13,20H,5-7,9,11-12H2,(H2,22,26)/t20-/m0/s1. The summed E-state index contributed by atoms with van der Waals surface area (Å²) in [5.41, 5.74) is 7.34. The number of carbonyl (C=O) groups excluding carboxylic acids is 1. The van der Waals surface area contributed by atoms with Gasteiger partial charge in [-0.25, -0.2) is 4.98 Å². The third-order valence-corrected chi connectivity index (χ3v) is 6.78. The zero-order valence-corrected chi connectivity index (χ0v) is 16.3. The van der Waals surface area contributed by atoms with Crippen LogP contribution in [0.15, 0.2) is 40.5 Å². The highest BCUT2D eigenvalue weighted by atomic mass is 32.1. The van der Waals surface area contributed by atoms with Crippen LogP contribution in [0, 0.1) is 5.92 Å². The van der Waals surface area contributed by atoms with E-state index in [1.54, 1.807) is 6.07 Å².